The summed E-state index contributed by atoms with van der Waals surface area (Å²) in [5, 5.41) is 6.11. The fraction of sp³-hybridized carbons (Fsp3) is 0.429. The number of anilines is 1. The first-order valence-electron chi connectivity index (χ1n) is 7.21. The Kier molecular flexibility index (Phi) is 5.08. The predicted molar refractivity (Wildman–Crippen MR) is 94.7 cm³/mol. The summed E-state index contributed by atoms with van der Waals surface area (Å²) < 4.78 is 1.64. The highest BCUT2D eigenvalue weighted by molar-refractivity contribution is 8.00. The number of hydrogen-bond donors (Lipinski definition) is 1. The molecule has 2 aromatic rings. The molecule has 23 heavy (non-hydrogen) atoms. The summed E-state index contributed by atoms with van der Waals surface area (Å²) in [7, 11) is 0. The van der Waals surface area contributed by atoms with E-state index in [2.05, 4.69) is 22.2 Å². The van der Waals surface area contributed by atoms with Crippen LogP contribution in [0, 0.1) is 0 Å². The quantitative estimate of drug-likeness (QED) is 0.645. The van der Waals surface area contributed by atoms with Crippen LogP contribution in [-0.2, 0) is 17.8 Å². The lowest BCUT2D eigenvalue weighted by molar-refractivity contribution is -0.113. The normalized spacial score (nSPS) is 16.3. The lowest BCUT2D eigenvalue weighted by atomic mass is 10.2. The second-order valence-electron chi connectivity index (χ2n) is 5.03. The van der Waals surface area contributed by atoms with Gasteiger partial charge in [0.05, 0.1) is 16.3 Å². The van der Waals surface area contributed by atoms with Gasteiger partial charge in [-0.05, 0) is 6.92 Å². The number of thioether (sulfide) groups is 2. The van der Waals surface area contributed by atoms with Crippen molar-refractivity contribution < 1.29 is 4.79 Å². The van der Waals surface area contributed by atoms with Gasteiger partial charge in [0, 0.05) is 29.8 Å². The highest BCUT2D eigenvalue weighted by atomic mass is 32.2. The summed E-state index contributed by atoms with van der Waals surface area (Å²) in [5.74, 6) is 0.0538. The van der Waals surface area contributed by atoms with Gasteiger partial charge in [0.2, 0.25) is 5.91 Å². The van der Waals surface area contributed by atoms with E-state index >= 15 is 0 Å². The van der Waals surface area contributed by atoms with E-state index in [1.165, 1.54) is 23.1 Å². The first-order chi connectivity index (χ1) is 11.1. The van der Waals surface area contributed by atoms with Crippen molar-refractivity contribution in [2.24, 2.45) is 0 Å². The smallest absolute Gasteiger partial charge is 0.268 e. The van der Waals surface area contributed by atoms with Gasteiger partial charge in [0.15, 0.2) is 10.3 Å². The van der Waals surface area contributed by atoms with Gasteiger partial charge < -0.3 is 5.32 Å². The number of rotatable bonds is 5. The summed E-state index contributed by atoms with van der Waals surface area (Å²) >= 11 is 4.26. The van der Waals surface area contributed by atoms with Gasteiger partial charge in [0.1, 0.15) is 0 Å². The van der Waals surface area contributed by atoms with Crippen LogP contribution in [0.2, 0.25) is 0 Å². The molecule has 2 aromatic heterocycles. The van der Waals surface area contributed by atoms with Gasteiger partial charge in [-0.25, -0.2) is 9.97 Å². The van der Waals surface area contributed by atoms with Crippen LogP contribution in [0.15, 0.2) is 26.4 Å². The third kappa shape index (κ3) is 3.61. The first kappa shape index (κ1) is 16.5. The van der Waals surface area contributed by atoms with Crippen LogP contribution in [0.4, 0.5) is 5.13 Å². The number of carbonyl (C=O) groups excluding carboxylic acids is 1. The summed E-state index contributed by atoms with van der Waals surface area (Å²) in [6.07, 6.45) is 2.45. The Morgan fingerprint density at radius 2 is 2.39 bits per heavy atom. The molecule has 0 unspecified atom stereocenters. The minimum Gasteiger partial charge on any atom is -0.301 e. The summed E-state index contributed by atoms with van der Waals surface area (Å²) in [5.41, 5.74) is 0.870. The molecule has 0 aliphatic carbocycles. The maximum Gasteiger partial charge on any atom is 0.268 e. The maximum absolute atomic E-state index is 12.5. The average Bonchev–Trinajstić information content (AvgIpc) is 3.14. The van der Waals surface area contributed by atoms with Crippen LogP contribution in [-0.4, -0.2) is 31.4 Å². The molecule has 1 aliphatic heterocycles. The van der Waals surface area contributed by atoms with Crippen molar-refractivity contribution in [1.29, 1.82) is 0 Å². The number of aromatic nitrogens is 3. The van der Waals surface area contributed by atoms with Crippen LogP contribution in [0.3, 0.4) is 0 Å². The molecule has 0 bridgehead atoms. The van der Waals surface area contributed by atoms with E-state index in [0.29, 0.717) is 22.1 Å². The van der Waals surface area contributed by atoms with Crippen LogP contribution in [0.1, 0.15) is 19.5 Å². The molecule has 1 aliphatic rings. The van der Waals surface area contributed by atoms with Crippen molar-refractivity contribution in [3.05, 3.63) is 27.6 Å². The number of amides is 1. The maximum atomic E-state index is 12.5. The Labute approximate surface area is 146 Å². The van der Waals surface area contributed by atoms with E-state index in [1.807, 2.05) is 6.92 Å². The van der Waals surface area contributed by atoms with Crippen LogP contribution in [0.25, 0.3) is 0 Å². The molecule has 1 N–H and O–H groups in total. The largest absolute Gasteiger partial charge is 0.301 e. The third-order valence-corrected chi connectivity index (χ3v) is 6.17. The number of fused-ring (bicyclic) bond motifs is 1. The van der Waals surface area contributed by atoms with E-state index in [-0.39, 0.29) is 17.2 Å². The molecule has 0 saturated heterocycles. The molecule has 0 aromatic carbocycles. The average molecular weight is 369 g/mol. The first-order valence-corrected chi connectivity index (χ1v) is 9.95. The van der Waals surface area contributed by atoms with E-state index < -0.39 is 0 Å². The zero-order chi connectivity index (χ0) is 16.4. The van der Waals surface area contributed by atoms with Gasteiger partial charge in [-0.15, -0.1) is 23.1 Å². The van der Waals surface area contributed by atoms with Crippen molar-refractivity contribution in [3.8, 4) is 0 Å². The zero-order valence-corrected chi connectivity index (χ0v) is 15.2. The lowest BCUT2D eigenvalue weighted by Crippen LogP contribution is -2.25. The van der Waals surface area contributed by atoms with Crippen molar-refractivity contribution in [3.63, 3.8) is 0 Å². The van der Waals surface area contributed by atoms with Crippen LogP contribution >= 0.6 is 34.9 Å². The second kappa shape index (κ2) is 7.06. The van der Waals surface area contributed by atoms with Crippen molar-refractivity contribution >= 4 is 45.9 Å². The van der Waals surface area contributed by atoms with Crippen molar-refractivity contribution in [2.75, 3.05) is 11.1 Å². The summed E-state index contributed by atoms with van der Waals surface area (Å²) in [6, 6.07) is 0. The Morgan fingerprint density at radius 1 is 1.57 bits per heavy atom. The molecule has 3 rings (SSSR count). The second-order valence-corrected chi connectivity index (χ2v) is 8.31. The van der Waals surface area contributed by atoms with Gasteiger partial charge in [0.25, 0.3) is 5.56 Å². The van der Waals surface area contributed by atoms with E-state index in [9.17, 15) is 9.59 Å². The molecule has 122 valence electrons. The van der Waals surface area contributed by atoms with E-state index in [4.69, 9.17) is 0 Å². The Bertz CT molecular complexity index is 773. The minimum absolute atomic E-state index is 0.00896. The van der Waals surface area contributed by atoms with Gasteiger partial charge in [-0.3, -0.25) is 14.2 Å². The molecule has 0 spiro atoms. The fourth-order valence-electron chi connectivity index (χ4n) is 2.29. The van der Waals surface area contributed by atoms with Crippen LogP contribution in [0.5, 0.6) is 0 Å². The fourth-order valence-corrected chi connectivity index (χ4v) is 4.83. The minimum atomic E-state index is -0.148. The third-order valence-electron chi connectivity index (χ3n) is 3.29. The predicted octanol–water partition coefficient (Wildman–Crippen LogP) is 2.49. The molecule has 0 radical (unpaired) electrons. The summed E-state index contributed by atoms with van der Waals surface area (Å²) in [6.45, 7) is 4.55. The van der Waals surface area contributed by atoms with E-state index in [0.717, 1.165) is 17.0 Å². The van der Waals surface area contributed by atoms with Crippen LogP contribution < -0.4 is 10.9 Å². The molecule has 0 fully saturated rings. The molecule has 0 saturated carbocycles. The van der Waals surface area contributed by atoms with Gasteiger partial charge in [-0.1, -0.05) is 18.7 Å². The molecule has 9 heteroatoms. The lowest BCUT2D eigenvalue weighted by Gasteiger charge is -2.11. The topological polar surface area (TPSA) is 76.9 Å². The van der Waals surface area contributed by atoms with Crippen molar-refractivity contribution in [2.45, 2.75) is 42.1 Å². The standard InChI is InChI=1S/C14H16N4O2S3/c1-3-18-12(20)11-9(6-8(2)23-11)16-14(18)22-7-10(19)17-13-15-4-5-21-13/h4-5,8H,3,6-7H2,1-2H3,(H,15,17,19)/t8-/m0/s1. The zero-order valence-electron chi connectivity index (χ0n) is 12.7. The molecular formula is C14H16N4O2S3. The Morgan fingerprint density at radius 3 is 3.09 bits per heavy atom. The molecule has 3 heterocycles. The monoisotopic (exact) mass is 368 g/mol. The van der Waals surface area contributed by atoms with E-state index in [1.54, 1.807) is 27.9 Å². The highest BCUT2D eigenvalue weighted by Crippen LogP contribution is 2.34. The number of hydrogen-bond acceptors (Lipinski definition) is 7. The Balaban J connectivity index is 1.75. The Hall–Kier alpha value is -1.32. The number of carbonyl (C=O) groups is 1. The molecule has 1 atom stereocenters. The molecule has 6 nitrogen and oxygen atoms in total. The number of nitrogens with zero attached hydrogens (tertiary/aromatic N) is 3. The SMILES string of the molecule is CCn1c(SCC(=O)Nc2nccs2)nc2c(c1=O)S[C@@H](C)C2. The summed E-state index contributed by atoms with van der Waals surface area (Å²) in [4.78, 5) is 33.9. The number of nitrogens with one attached hydrogen (secondary N) is 1. The van der Waals surface area contributed by atoms with Crippen molar-refractivity contribution in [1.82, 2.24) is 14.5 Å². The van der Waals surface area contributed by atoms with Gasteiger partial charge >= 0.3 is 0 Å². The number of thiazole rings is 1. The highest BCUT2D eigenvalue weighted by Gasteiger charge is 2.26. The van der Waals surface area contributed by atoms with Gasteiger partial charge in [-0.2, -0.15) is 0 Å². The molecular weight excluding hydrogens is 352 g/mol. The molecule has 1 amide bonds.